The second-order valence-electron chi connectivity index (χ2n) is 3.68. The first-order chi connectivity index (χ1) is 6.18. The lowest BCUT2D eigenvalue weighted by atomic mass is 10.1. The smallest absolute Gasteiger partial charge is 0.240 e. The van der Waals surface area contributed by atoms with Crippen LogP contribution >= 0.6 is 0 Å². The van der Waals surface area contributed by atoms with E-state index in [0.717, 1.165) is 13.1 Å². The molecule has 6 nitrogen and oxygen atoms in total. The summed E-state index contributed by atoms with van der Waals surface area (Å²) in [6.07, 6.45) is 0. The SMILES string of the molecule is CC(C)N1CC(n2nnnc2N)C1. The van der Waals surface area contributed by atoms with Crippen molar-refractivity contribution in [3.8, 4) is 0 Å². The van der Waals surface area contributed by atoms with E-state index in [4.69, 9.17) is 5.73 Å². The first kappa shape index (κ1) is 8.43. The third-order valence-corrected chi connectivity index (χ3v) is 2.48. The standard InChI is InChI=1S/C7H14N6/c1-5(2)12-3-6(4-12)13-7(8)9-10-11-13/h5-6H,3-4H2,1-2H3,(H2,8,9,11). The zero-order chi connectivity index (χ0) is 9.42. The number of nitrogens with zero attached hydrogens (tertiary/aromatic N) is 5. The lowest BCUT2D eigenvalue weighted by Gasteiger charge is -2.41. The topological polar surface area (TPSA) is 72.9 Å². The first-order valence-electron chi connectivity index (χ1n) is 4.46. The summed E-state index contributed by atoms with van der Waals surface area (Å²) < 4.78 is 1.69. The third kappa shape index (κ3) is 1.37. The summed E-state index contributed by atoms with van der Waals surface area (Å²) in [5.74, 6) is 0.411. The number of nitrogens with two attached hydrogens (primary N) is 1. The normalized spacial score (nSPS) is 19.3. The highest BCUT2D eigenvalue weighted by Gasteiger charge is 2.31. The Kier molecular flexibility index (Phi) is 1.91. The molecule has 2 rings (SSSR count). The molecule has 13 heavy (non-hydrogen) atoms. The van der Waals surface area contributed by atoms with Crippen molar-refractivity contribution in [2.24, 2.45) is 0 Å². The number of anilines is 1. The molecule has 6 heteroatoms. The highest BCUT2D eigenvalue weighted by atomic mass is 15.6. The van der Waals surface area contributed by atoms with E-state index in [1.165, 1.54) is 0 Å². The van der Waals surface area contributed by atoms with E-state index in [2.05, 4.69) is 34.3 Å². The Labute approximate surface area is 76.7 Å². The summed E-state index contributed by atoms with van der Waals surface area (Å²) in [6.45, 7) is 6.35. The molecule has 1 aliphatic rings. The number of hydrogen-bond donors (Lipinski definition) is 1. The van der Waals surface area contributed by atoms with Gasteiger partial charge in [0.2, 0.25) is 5.95 Å². The zero-order valence-corrected chi connectivity index (χ0v) is 7.88. The van der Waals surface area contributed by atoms with Crippen LogP contribution in [-0.2, 0) is 0 Å². The van der Waals surface area contributed by atoms with Gasteiger partial charge in [0.05, 0.1) is 6.04 Å². The predicted octanol–water partition coefficient (Wildman–Crippen LogP) is -0.480. The monoisotopic (exact) mass is 182 g/mol. The van der Waals surface area contributed by atoms with Crippen LogP contribution in [0.3, 0.4) is 0 Å². The van der Waals surface area contributed by atoms with Crippen LogP contribution in [0.2, 0.25) is 0 Å². The van der Waals surface area contributed by atoms with Gasteiger partial charge in [0.25, 0.3) is 0 Å². The van der Waals surface area contributed by atoms with Crippen LogP contribution in [0.5, 0.6) is 0 Å². The predicted molar refractivity (Wildman–Crippen MR) is 48.0 cm³/mol. The highest BCUT2D eigenvalue weighted by Crippen LogP contribution is 2.23. The van der Waals surface area contributed by atoms with Crippen LogP contribution in [0.4, 0.5) is 5.95 Å². The number of hydrogen-bond acceptors (Lipinski definition) is 5. The number of aromatic nitrogens is 4. The molecule has 0 aliphatic carbocycles. The molecule has 0 spiro atoms. The third-order valence-electron chi connectivity index (χ3n) is 2.48. The highest BCUT2D eigenvalue weighted by molar-refractivity contribution is 5.13. The Balaban J connectivity index is 1.97. The number of nitrogen functional groups attached to an aromatic ring is 1. The van der Waals surface area contributed by atoms with Crippen molar-refractivity contribution >= 4 is 5.95 Å². The minimum Gasteiger partial charge on any atom is -0.367 e. The molecule has 1 aliphatic heterocycles. The summed E-state index contributed by atoms with van der Waals surface area (Å²) in [6, 6.07) is 0.950. The van der Waals surface area contributed by atoms with Crippen LogP contribution in [0.15, 0.2) is 0 Å². The molecule has 2 N–H and O–H groups in total. The Morgan fingerprint density at radius 3 is 2.62 bits per heavy atom. The fraction of sp³-hybridized carbons (Fsp3) is 0.857. The molecule has 0 radical (unpaired) electrons. The van der Waals surface area contributed by atoms with E-state index >= 15 is 0 Å². The zero-order valence-electron chi connectivity index (χ0n) is 7.88. The number of rotatable bonds is 2. The van der Waals surface area contributed by atoms with Crippen LogP contribution < -0.4 is 5.73 Å². The van der Waals surface area contributed by atoms with Gasteiger partial charge >= 0.3 is 0 Å². The van der Waals surface area contributed by atoms with Gasteiger partial charge in [-0.1, -0.05) is 5.10 Å². The quantitative estimate of drug-likeness (QED) is 0.668. The van der Waals surface area contributed by atoms with E-state index in [0.29, 0.717) is 18.0 Å². The molecule has 2 heterocycles. The Morgan fingerprint density at radius 2 is 2.15 bits per heavy atom. The number of likely N-dealkylation sites (tertiary alicyclic amines) is 1. The Morgan fingerprint density at radius 1 is 1.46 bits per heavy atom. The van der Waals surface area contributed by atoms with Gasteiger partial charge in [0, 0.05) is 19.1 Å². The molecule has 1 aromatic heterocycles. The summed E-state index contributed by atoms with van der Waals surface area (Å²) in [5.41, 5.74) is 5.58. The van der Waals surface area contributed by atoms with Gasteiger partial charge in [-0.05, 0) is 24.3 Å². The first-order valence-corrected chi connectivity index (χ1v) is 4.46. The maximum Gasteiger partial charge on any atom is 0.240 e. The van der Waals surface area contributed by atoms with Gasteiger partial charge in [-0.3, -0.25) is 4.90 Å². The fourth-order valence-corrected chi connectivity index (χ4v) is 1.52. The number of tetrazole rings is 1. The van der Waals surface area contributed by atoms with Crippen molar-refractivity contribution in [3.05, 3.63) is 0 Å². The average molecular weight is 182 g/mol. The van der Waals surface area contributed by atoms with E-state index in [-0.39, 0.29) is 0 Å². The van der Waals surface area contributed by atoms with Crippen LogP contribution in [-0.4, -0.2) is 44.2 Å². The Hall–Kier alpha value is -1.17. The van der Waals surface area contributed by atoms with E-state index in [9.17, 15) is 0 Å². The molecule has 1 saturated heterocycles. The molecule has 1 fully saturated rings. The van der Waals surface area contributed by atoms with Gasteiger partial charge in [-0.15, -0.1) is 0 Å². The average Bonchev–Trinajstić information content (AvgIpc) is 2.32. The van der Waals surface area contributed by atoms with Crippen LogP contribution in [0, 0.1) is 0 Å². The van der Waals surface area contributed by atoms with Gasteiger partial charge in [-0.25, -0.2) is 4.68 Å². The van der Waals surface area contributed by atoms with Crippen molar-refractivity contribution in [1.82, 2.24) is 25.1 Å². The molecule has 72 valence electrons. The van der Waals surface area contributed by atoms with Gasteiger partial charge in [0.1, 0.15) is 0 Å². The summed E-state index contributed by atoms with van der Waals surface area (Å²) in [7, 11) is 0. The molecule has 1 aromatic rings. The van der Waals surface area contributed by atoms with Gasteiger partial charge in [-0.2, -0.15) is 0 Å². The van der Waals surface area contributed by atoms with Crippen molar-refractivity contribution in [2.75, 3.05) is 18.8 Å². The fourth-order valence-electron chi connectivity index (χ4n) is 1.52. The van der Waals surface area contributed by atoms with Crippen molar-refractivity contribution in [2.45, 2.75) is 25.9 Å². The minimum absolute atomic E-state index is 0.359. The molecule has 0 aromatic carbocycles. The lowest BCUT2D eigenvalue weighted by molar-refractivity contribution is 0.0677. The van der Waals surface area contributed by atoms with E-state index in [1.54, 1.807) is 4.68 Å². The van der Waals surface area contributed by atoms with Crippen LogP contribution in [0.25, 0.3) is 0 Å². The van der Waals surface area contributed by atoms with E-state index in [1.807, 2.05) is 0 Å². The van der Waals surface area contributed by atoms with Crippen molar-refractivity contribution < 1.29 is 0 Å². The molecule has 0 atom stereocenters. The Bertz CT molecular complexity index is 287. The molecule has 0 amide bonds. The lowest BCUT2D eigenvalue weighted by Crippen LogP contribution is -2.51. The second-order valence-corrected chi connectivity index (χ2v) is 3.68. The largest absolute Gasteiger partial charge is 0.367 e. The molecular weight excluding hydrogens is 168 g/mol. The maximum atomic E-state index is 5.58. The summed E-state index contributed by atoms with van der Waals surface area (Å²) >= 11 is 0. The van der Waals surface area contributed by atoms with E-state index < -0.39 is 0 Å². The second kappa shape index (κ2) is 2.95. The van der Waals surface area contributed by atoms with Gasteiger partial charge < -0.3 is 5.73 Å². The molecular formula is C7H14N6. The molecule has 0 unspecified atom stereocenters. The van der Waals surface area contributed by atoms with Crippen LogP contribution in [0.1, 0.15) is 19.9 Å². The van der Waals surface area contributed by atoms with Gasteiger partial charge in [0.15, 0.2) is 0 Å². The minimum atomic E-state index is 0.359. The maximum absolute atomic E-state index is 5.58. The molecule has 0 bridgehead atoms. The summed E-state index contributed by atoms with van der Waals surface area (Å²) in [5, 5.41) is 11.0. The van der Waals surface area contributed by atoms with Crippen molar-refractivity contribution in [1.29, 1.82) is 0 Å². The molecule has 0 saturated carbocycles. The summed E-state index contributed by atoms with van der Waals surface area (Å²) in [4.78, 5) is 2.35. The van der Waals surface area contributed by atoms with Crippen molar-refractivity contribution in [3.63, 3.8) is 0 Å².